The van der Waals surface area contributed by atoms with Crippen molar-refractivity contribution in [3.05, 3.63) is 260 Å². The van der Waals surface area contributed by atoms with Gasteiger partial charge in [-0.3, -0.25) is 0 Å². The lowest BCUT2D eigenvalue weighted by Crippen LogP contribution is -2.10. The highest BCUT2D eigenvalue weighted by atomic mass is 15.1. The van der Waals surface area contributed by atoms with E-state index in [4.69, 9.17) is 0 Å². The molecular formula is C64H48N2. The summed E-state index contributed by atoms with van der Waals surface area (Å²) in [6.07, 6.45) is 19.2. The molecule has 0 saturated carbocycles. The predicted octanol–water partition coefficient (Wildman–Crippen LogP) is 17.7. The third-order valence-electron chi connectivity index (χ3n) is 13.5. The topological polar surface area (TPSA) is 8.17 Å². The minimum Gasteiger partial charge on any atom is -0.310 e. The lowest BCUT2D eigenvalue weighted by atomic mass is 9.86. The molecule has 12 rings (SSSR count). The molecule has 0 fully saturated rings. The normalized spacial score (nSPS) is 14.5. The molecule has 9 aromatic carbocycles. The summed E-state index contributed by atoms with van der Waals surface area (Å²) in [5, 5.41) is 4.96. The zero-order valence-corrected chi connectivity index (χ0v) is 36.8. The zero-order chi connectivity index (χ0) is 43.8. The van der Waals surface area contributed by atoms with Gasteiger partial charge in [-0.25, -0.2) is 0 Å². The summed E-state index contributed by atoms with van der Waals surface area (Å²) in [7, 11) is 0. The third kappa shape index (κ3) is 7.27. The first-order chi connectivity index (χ1) is 32.7. The van der Waals surface area contributed by atoms with E-state index in [9.17, 15) is 0 Å². The summed E-state index contributed by atoms with van der Waals surface area (Å²) < 4.78 is 2.45. The summed E-state index contributed by atoms with van der Waals surface area (Å²) in [5.41, 5.74) is 18.1. The Morgan fingerprint density at radius 2 is 1.12 bits per heavy atom. The van der Waals surface area contributed by atoms with Gasteiger partial charge in [0, 0.05) is 44.8 Å². The van der Waals surface area contributed by atoms with E-state index >= 15 is 0 Å². The van der Waals surface area contributed by atoms with Crippen LogP contribution in [0.1, 0.15) is 36.3 Å². The fourth-order valence-electron chi connectivity index (χ4n) is 10.3. The monoisotopic (exact) mass is 844 g/mol. The van der Waals surface area contributed by atoms with Crippen LogP contribution < -0.4 is 4.90 Å². The second-order valence-corrected chi connectivity index (χ2v) is 17.5. The van der Waals surface area contributed by atoms with Crippen molar-refractivity contribution in [1.29, 1.82) is 0 Å². The smallest absolute Gasteiger partial charge is 0.0625 e. The van der Waals surface area contributed by atoms with Gasteiger partial charge in [0.05, 0.1) is 11.0 Å². The molecule has 2 aliphatic carbocycles. The van der Waals surface area contributed by atoms with Gasteiger partial charge in [0.15, 0.2) is 0 Å². The van der Waals surface area contributed by atoms with E-state index in [1.54, 1.807) is 0 Å². The number of aromatic nitrogens is 1. The molecule has 66 heavy (non-hydrogen) atoms. The summed E-state index contributed by atoms with van der Waals surface area (Å²) in [4.78, 5) is 2.41. The molecule has 2 heteroatoms. The Labute approximate surface area is 387 Å². The van der Waals surface area contributed by atoms with Crippen LogP contribution >= 0.6 is 0 Å². The highest BCUT2D eigenvalue weighted by Crippen LogP contribution is 2.45. The maximum Gasteiger partial charge on any atom is 0.0625 e. The number of rotatable bonds is 9. The molecule has 1 atom stereocenters. The van der Waals surface area contributed by atoms with E-state index in [0.29, 0.717) is 5.92 Å². The number of allylic oxidation sites excluding steroid dienone is 8. The average molecular weight is 845 g/mol. The molecule has 0 bridgehead atoms. The number of benzene rings is 9. The molecule has 2 nitrogen and oxygen atoms in total. The average Bonchev–Trinajstić information content (AvgIpc) is 3.76. The number of anilines is 3. The maximum atomic E-state index is 2.45. The number of para-hydroxylation sites is 2. The van der Waals surface area contributed by atoms with Gasteiger partial charge in [-0.05, 0) is 141 Å². The Morgan fingerprint density at radius 3 is 1.86 bits per heavy atom. The second-order valence-electron chi connectivity index (χ2n) is 17.5. The predicted molar refractivity (Wildman–Crippen MR) is 281 cm³/mol. The van der Waals surface area contributed by atoms with Crippen LogP contribution in [0.3, 0.4) is 0 Å². The van der Waals surface area contributed by atoms with Gasteiger partial charge in [0.2, 0.25) is 0 Å². The zero-order valence-electron chi connectivity index (χ0n) is 36.8. The van der Waals surface area contributed by atoms with Crippen molar-refractivity contribution in [2.75, 3.05) is 4.90 Å². The number of hydrogen-bond acceptors (Lipinski definition) is 1. The Kier molecular flexibility index (Phi) is 10.2. The molecule has 0 radical (unpaired) electrons. The molecule has 314 valence electrons. The quantitative estimate of drug-likeness (QED) is 0.141. The van der Waals surface area contributed by atoms with Gasteiger partial charge in [-0.2, -0.15) is 0 Å². The van der Waals surface area contributed by atoms with Crippen molar-refractivity contribution < 1.29 is 0 Å². The van der Waals surface area contributed by atoms with Crippen LogP contribution in [0, 0.1) is 0 Å². The molecule has 0 amide bonds. The van der Waals surface area contributed by atoms with Gasteiger partial charge in [0.1, 0.15) is 0 Å². The van der Waals surface area contributed by atoms with Crippen LogP contribution in [-0.4, -0.2) is 4.57 Å². The highest BCUT2D eigenvalue weighted by Gasteiger charge is 2.21. The van der Waals surface area contributed by atoms with E-state index in [1.165, 1.54) is 82.7 Å². The van der Waals surface area contributed by atoms with Gasteiger partial charge < -0.3 is 9.47 Å². The van der Waals surface area contributed by atoms with Crippen molar-refractivity contribution in [1.82, 2.24) is 4.57 Å². The minimum absolute atomic E-state index is 0.362. The van der Waals surface area contributed by atoms with Crippen molar-refractivity contribution in [2.24, 2.45) is 0 Å². The molecule has 0 aliphatic heterocycles. The fourth-order valence-corrected chi connectivity index (χ4v) is 10.3. The highest BCUT2D eigenvalue weighted by molar-refractivity contribution is 6.24. The van der Waals surface area contributed by atoms with Crippen LogP contribution in [0.15, 0.2) is 249 Å². The van der Waals surface area contributed by atoms with Crippen molar-refractivity contribution in [3.8, 4) is 39.1 Å². The van der Waals surface area contributed by atoms with E-state index in [2.05, 4.69) is 258 Å². The van der Waals surface area contributed by atoms with Crippen LogP contribution in [0.25, 0.3) is 77.2 Å². The fraction of sp³-hybridized carbons (Fsp3) is 0.0625. The van der Waals surface area contributed by atoms with Gasteiger partial charge in [-0.1, -0.05) is 182 Å². The standard InChI is InChI=1S/C64H48N2/c1-5-18-45(19-6-1)48-32-36-56(37-33-48)65(57-38-34-49(35-39-57)54-41-52(46-20-7-2-8-21-46)40-53(42-54)47-22-9-3-10-23-47)58-28-17-25-50(43-58)61-44-51-24-13-14-29-59(51)64-63(61)60-30-15-16-31-62(60)66(64)55-26-11-4-12-27-55/h1-2,4-9,11-20,22-44,46H,3,10,21H2. The summed E-state index contributed by atoms with van der Waals surface area (Å²) in [6.45, 7) is 0. The summed E-state index contributed by atoms with van der Waals surface area (Å²) in [5.74, 6) is 0.362. The van der Waals surface area contributed by atoms with E-state index in [0.717, 1.165) is 42.0 Å². The molecule has 2 aliphatic rings. The second kappa shape index (κ2) is 17.1. The molecule has 10 aromatic rings. The van der Waals surface area contributed by atoms with Crippen LogP contribution in [0.5, 0.6) is 0 Å². The molecule has 1 aromatic heterocycles. The lowest BCUT2D eigenvalue weighted by molar-refractivity contribution is 0.853. The maximum absolute atomic E-state index is 2.45. The Morgan fingerprint density at radius 1 is 0.455 bits per heavy atom. The molecule has 0 spiro atoms. The van der Waals surface area contributed by atoms with E-state index in [1.807, 2.05) is 0 Å². The number of fused-ring (bicyclic) bond motifs is 5. The lowest BCUT2D eigenvalue weighted by Gasteiger charge is -2.27. The van der Waals surface area contributed by atoms with E-state index in [-0.39, 0.29) is 0 Å². The summed E-state index contributed by atoms with van der Waals surface area (Å²) in [6, 6.07) is 76.1. The Hall–Kier alpha value is -8.20. The van der Waals surface area contributed by atoms with Gasteiger partial charge >= 0.3 is 0 Å². The minimum atomic E-state index is 0.362. The Balaban J connectivity index is 1.01. The number of hydrogen-bond donors (Lipinski definition) is 0. The van der Waals surface area contributed by atoms with Crippen LogP contribution in [-0.2, 0) is 0 Å². The van der Waals surface area contributed by atoms with Gasteiger partial charge in [0.25, 0.3) is 0 Å². The van der Waals surface area contributed by atoms with Crippen molar-refractivity contribution in [2.45, 2.75) is 25.2 Å². The van der Waals surface area contributed by atoms with Crippen LogP contribution in [0.2, 0.25) is 0 Å². The molecule has 0 N–H and O–H groups in total. The molecule has 1 unspecified atom stereocenters. The van der Waals surface area contributed by atoms with Crippen molar-refractivity contribution in [3.63, 3.8) is 0 Å². The number of nitrogens with zero attached hydrogens (tertiary/aromatic N) is 2. The third-order valence-corrected chi connectivity index (χ3v) is 13.5. The Bertz CT molecular complexity index is 3530. The first kappa shape index (κ1) is 39.4. The SMILES string of the molecule is C1=CCC(c2cc(C3=CCCC=C3)cc(-c3ccc(N(c4ccc(-c5ccccc5)cc4)c4cccc(-c5cc6ccccc6c6c5c5ccccc5n6-c5ccccc5)c4)cc3)c2)C=C1. The largest absolute Gasteiger partial charge is 0.310 e. The molecule has 1 heterocycles. The molecular weight excluding hydrogens is 797 g/mol. The first-order valence-electron chi connectivity index (χ1n) is 23.3. The van der Waals surface area contributed by atoms with Gasteiger partial charge in [-0.15, -0.1) is 0 Å². The van der Waals surface area contributed by atoms with Crippen molar-refractivity contribution >= 4 is 55.2 Å². The summed E-state index contributed by atoms with van der Waals surface area (Å²) >= 11 is 0. The van der Waals surface area contributed by atoms with E-state index < -0.39 is 0 Å². The first-order valence-corrected chi connectivity index (χ1v) is 23.3. The van der Waals surface area contributed by atoms with Crippen LogP contribution in [0.4, 0.5) is 17.1 Å². The molecule has 0 saturated heterocycles.